The van der Waals surface area contributed by atoms with Crippen molar-refractivity contribution in [3.63, 3.8) is 0 Å². The summed E-state index contributed by atoms with van der Waals surface area (Å²) in [6.45, 7) is 7.44. The summed E-state index contributed by atoms with van der Waals surface area (Å²) in [5, 5.41) is 0. The number of rotatable bonds is 6. The van der Waals surface area contributed by atoms with Gasteiger partial charge in [0.15, 0.2) is 5.65 Å². The fourth-order valence-electron chi connectivity index (χ4n) is 2.54. The van der Waals surface area contributed by atoms with Crippen molar-refractivity contribution in [1.82, 2.24) is 14.5 Å². The number of alkyl halides is 1. The second-order valence-corrected chi connectivity index (χ2v) is 6.74. The third-order valence-corrected chi connectivity index (χ3v) is 5.90. The Labute approximate surface area is 130 Å². The largest absolute Gasteiger partial charge is 0.310 e. The number of thioether (sulfide) groups is 1. The molecule has 0 aromatic carbocycles. The second-order valence-electron chi connectivity index (χ2n) is 5.20. The first-order valence-electron chi connectivity index (χ1n) is 7.02. The van der Waals surface area contributed by atoms with Crippen LogP contribution in [0, 0.1) is 6.92 Å². The van der Waals surface area contributed by atoms with Gasteiger partial charge in [-0.3, -0.25) is 0 Å². The van der Waals surface area contributed by atoms with E-state index in [-0.39, 0.29) is 4.75 Å². The summed E-state index contributed by atoms with van der Waals surface area (Å²) in [4.78, 5) is 9.21. The summed E-state index contributed by atoms with van der Waals surface area (Å²) in [6.07, 6.45) is 6.33. The van der Waals surface area contributed by atoms with Gasteiger partial charge in [-0.1, -0.05) is 13.8 Å². The van der Waals surface area contributed by atoms with E-state index in [4.69, 9.17) is 11.6 Å². The summed E-state index contributed by atoms with van der Waals surface area (Å²) in [5.41, 5.74) is 3.03. The molecule has 0 fully saturated rings. The van der Waals surface area contributed by atoms with Crippen molar-refractivity contribution in [2.45, 2.75) is 50.8 Å². The molecule has 0 saturated heterocycles. The molecule has 0 amide bonds. The van der Waals surface area contributed by atoms with Crippen molar-refractivity contribution in [3.05, 3.63) is 23.7 Å². The molecule has 110 valence electrons. The molecule has 0 bridgehead atoms. The molecular formula is C15H22ClN3S. The van der Waals surface area contributed by atoms with Gasteiger partial charge in [0.05, 0.1) is 5.88 Å². The molecule has 0 aliphatic carbocycles. The Bertz CT molecular complexity index is 582. The number of hydrogen-bond acceptors (Lipinski definition) is 3. The zero-order valence-corrected chi connectivity index (χ0v) is 14.2. The van der Waals surface area contributed by atoms with Crippen molar-refractivity contribution in [3.8, 4) is 0 Å². The van der Waals surface area contributed by atoms with Gasteiger partial charge in [0.25, 0.3) is 0 Å². The van der Waals surface area contributed by atoms with E-state index in [9.17, 15) is 0 Å². The van der Waals surface area contributed by atoms with E-state index < -0.39 is 0 Å². The van der Waals surface area contributed by atoms with Gasteiger partial charge in [-0.2, -0.15) is 11.8 Å². The van der Waals surface area contributed by atoms with Gasteiger partial charge in [-0.05, 0) is 37.7 Å². The Morgan fingerprint density at radius 1 is 1.35 bits per heavy atom. The lowest BCUT2D eigenvalue weighted by atomic mass is 10.0. The van der Waals surface area contributed by atoms with E-state index in [1.165, 1.54) is 0 Å². The SMILES string of the molecule is CCC(CC)(Cn1c(CCl)nc2cc(C)cnc21)SC. The number of aromatic nitrogens is 3. The molecule has 0 N–H and O–H groups in total. The van der Waals surface area contributed by atoms with Gasteiger partial charge in [0, 0.05) is 17.5 Å². The maximum atomic E-state index is 6.08. The molecular weight excluding hydrogens is 290 g/mol. The molecule has 2 rings (SSSR count). The predicted octanol–water partition coefficient (Wildman–Crippen LogP) is 4.40. The van der Waals surface area contributed by atoms with Crippen LogP contribution in [-0.4, -0.2) is 25.5 Å². The van der Waals surface area contributed by atoms with Crippen LogP contribution in [0.15, 0.2) is 12.3 Å². The molecule has 0 aliphatic rings. The van der Waals surface area contributed by atoms with Crippen LogP contribution in [0.5, 0.6) is 0 Å². The first kappa shape index (κ1) is 15.6. The second kappa shape index (κ2) is 6.35. The summed E-state index contributed by atoms with van der Waals surface area (Å²) in [7, 11) is 0. The predicted molar refractivity (Wildman–Crippen MR) is 88.7 cm³/mol. The maximum Gasteiger partial charge on any atom is 0.160 e. The third-order valence-electron chi connectivity index (χ3n) is 4.09. The van der Waals surface area contributed by atoms with Crippen LogP contribution < -0.4 is 0 Å². The van der Waals surface area contributed by atoms with Crippen LogP contribution in [0.25, 0.3) is 11.2 Å². The van der Waals surface area contributed by atoms with E-state index in [0.717, 1.165) is 41.9 Å². The molecule has 0 atom stereocenters. The highest BCUT2D eigenvalue weighted by Crippen LogP contribution is 2.34. The molecule has 0 unspecified atom stereocenters. The van der Waals surface area contributed by atoms with Crippen molar-refractivity contribution in [1.29, 1.82) is 0 Å². The summed E-state index contributed by atoms with van der Waals surface area (Å²) in [6, 6.07) is 2.08. The minimum atomic E-state index is 0.223. The zero-order valence-electron chi connectivity index (χ0n) is 12.6. The summed E-state index contributed by atoms with van der Waals surface area (Å²) < 4.78 is 2.42. The van der Waals surface area contributed by atoms with Crippen LogP contribution in [0.3, 0.4) is 0 Å². The lowest BCUT2D eigenvalue weighted by molar-refractivity contribution is 0.465. The fraction of sp³-hybridized carbons (Fsp3) is 0.600. The molecule has 5 heteroatoms. The van der Waals surface area contributed by atoms with E-state index in [0.29, 0.717) is 5.88 Å². The number of nitrogens with zero attached hydrogens (tertiary/aromatic N) is 3. The smallest absolute Gasteiger partial charge is 0.160 e. The Kier molecular flexibility index (Phi) is 4.97. The number of fused-ring (bicyclic) bond motifs is 1. The molecule has 0 aliphatic heterocycles. The molecule has 0 radical (unpaired) electrons. The average Bonchev–Trinajstić information content (AvgIpc) is 2.81. The van der Waals surface area contributed by atoms with Crippen molar-refractivity contribution < 1.29 is 0 Å². The number of aryl methyl sites for hydroxylation is 1. The van der Waals surface area contributed by atoms with Gasteiger partial charge in [-0.15, -0.1) is 11.6 Å². The summed E-state index contributed by atoms with van der Waals surface area (Å²) >= 11 is 8.01. The number of halogens is 1. The lowest BCUT2D eigenvalue weighted by Crippen LogP contribution is -2.29. The quantitative estimate of drug-likeness (QED) is 0.741. The third kappa shape index (κ3) is 2.82. The Morgan fingerprint density at radius 3 is 2.60 bits per heavy atom. The monoisotopic (exact) mass is 311 g/mol. The highest BCUT2D eigenvalue weighted by atomic mass is 35.5. The lowest BCUT2D eigenvalue weighted by Gasteiger charge is -2.30. The Balaban J connectivity index is 2.52. The average molecular weight is 312 g/mol. The Hall–Kier alpha value is -0.740. The maximum absolute atomic E-state index is 6.08. The summed E-state index contributed by atoms with van der Waals surface area (Å²) in [5.74, 6) is 1.34. The Morgan fingerprint density at radius 2 is 2.05 bits per heavy atom. The van der Waals surface area contributed by atoms with Gasteiger partial charge < -0.3 is 4.57 Å². The minimum Gasteiger partial charge on any atom is -0.310 e. The standard InChI is InChI=1S/C15H22ClN3S/c1-5-15(6-2,20-4)10-19-13(8-16)18-12-7-11(3)9-17-14(12)19/h7,9H,5-6,8,10H2,1-4H3. The van der Waals surface area contributed by atoms with Gasteiger partial charge in [0.1, 0.15) is 11.3 Å². The number of pyridine rings is 1. The molecule has 0 saturated carbocycles. The van der Waals surface area contributed by atoms with Crippen LogP contribution in [0.2, 0.25) is 0 Å². The van der Waals surface area contributed by atoms with Crippen LogP contribution in [0.1, 0.15) is 38.1 Å². The molecule has 2 heterocycles. The molecule has 2 aromatic heterocycles. The van der Waals surface area contributed by atoms with Crippen molar-refractivity contribution in [2.75, 3.05) is 6.26 Å². The molecule has 0 spiro atoms. The van der Waals surface area contributed by atoms with E-state index >= 15 is 0 Å². The first-order valence-corrected chi connectivity index (χ1v) is 8.78. The molecule has 2 aromatic rings. The van der Waals surface area contributed by atoms with Gasteiger partial charge in [-0.25, -0.2) is 9.97 Å². The fourth-order valence-corrected chi connectivity index (χ4v) is 3.58. The van der Waals surface area contributed by atoms with Gasteiger partial charge in [0.2, 0.25) is 0 Å². The molecule has 3 nitrogen and oxygen atoms in total. The molecule has 20 heavy (non-hydrogen) atoms. The van der Waals surface area contributed by atoms with Gasteiger partial charge >= 0.3 is 0 Å². The highest BCUT2D eigenvalue weighted by molar-refractivity contribution is 8.00. The zero-order chi connectivity index (χ0) is 14.8. The van der Waals surface area contributed by atoms with Crippen LogP contribution in [0.4, 0.5) is 0 Å². The van der Waals surface area contributed by atoms with Crippen LogP contribution >= 0.6 is 23.4 Å². The first-order chi connectivity index (χ1) is 9.59. The van der Waals surface area contributed by atoms with E-state index in [1.54, 1.807) is 0 Å². The van der Waals surface area contributed by atoms with Crippen molar-refractivity contribution in [2.24, 2.45) is 0 Å². The number of hydrogen-bond donors (Lipinski definition) is 0. The normalized spacial score (nSPS) is 12.2. The van der Waals surface area contributed by atoms with E-state index in [2.05, 4.69) is 40.7 Å². The minimum absolute atomic E-state index is 0.223. The van der Waals surface area contributed by atoms with E-state index in [1.807, 2.05) is 24.9 Å². The van der Waals surface area contributed by atoms with Crippen molar-refractivity contribution >= 4 is 34.5 Å². The number of imidazole rings is 1. The topological polar surface area (TPSA) is 30.7 Å². The highest BCUT2D eigenvalue weighted by Gasteiger charge is 2.27. The van der Waals surface area contributed by atoms with Crippen LogP contribution in [-0.2, 0) is 12.4 Å².